The van der Waals surface area contributed by atoms with Gasteiger partial charge in [0.15, 0.2) is 0 Å². The highest BCUT2D eigenvalue weighted by molar-refractivity contribution is 7.99. The van der Waals surface area contributed by atoms with E-state index in [0.717, 1.165) is 32.5 Å². The quantitative estimate of drug-likeness (QED) is 0.308. The Morgan fingerprint density at radius 3 is 2.55 bits per heavy atom. The summed E-state index contributed by atoms with van der Waals surface area (Å²) in [4.78, 5) is 38.3. The summed E-state index contributed by atoms with van der Waals surface area (Å²) in [5, 5.41) is 5.64. The minimum absolute atomic E-state index is 0.114. The van der Waals surface area contributed by atoms with E-state index in [-0.39, 0.29) is 35.5 Å². The van der Waals surface area contributed by atoms with Crippen molar-refractivity contribution in [2.75, 3.05) is 43.4 Å². The zero-order chi connectivity index (χ0) is 31.0. The molecule has 1 amide bonds. The molecule has 0 saturated carbocycles. The van der Waals surface area contributed by atoms with Crippen molar-refractivity contribution in [3.05, 3.63) is 58.9 Å². The number of halogens is 2. The number of amides is 1. The fraction of sp³-hybridized carbons (Fsp3) is 0.438. The van der Waals surface area contributed by atoms with Crippen LogP contribution < -0.4 is 10.6 Å². The third-order valence-electron chi connectivity index (χ3n) is 9.27. The van der Waals surface area contributed by atoms with Gasteiger partial charge in [0.25, 0.3) is 0 Å². The summed E-state index contributed by atoms with van der Waals surface area (Å²) in [7, 11) is 1.80. The van der Waals surface area contributed by atoms with E-state index in [1.165, 1.54) is 12.1 Å². The molecular formula is C32H35F2N7O2S. The number of benzene rings is 2. The van der Waals surface area contributed by atoms with Crippen LogP contribution in [0.15, 0.2) is 46.7 Å². The van der Waals surface area contributed by atoms with Crippen molar-refractivity contribution in [3.63, 3.8) is 0 Å². The molecular weight excluding hydrogens is 584 g/mol. The smallest absolute Gasteiger partial charge is 0.350 e. The fourth-order valence-electron chi connectivity index (χ4n) is 7.38. The number of likely N-dealkylation sites (tertiary alicyclic amines) is 1. The molecule has 5 heterocycles. The van der Waals surface area contributed by atoms with E-state index in [9.17, 15) is 18.4 Å². The number of fused-ring (bicyclic) bond motifs is 1. The minimum atomic E-state index is -0.833. The van der Waals surface area contributed by atoms with Crippen LogP contribution in [0.2, 0.25) is 0 Å². The molecule has 1 unspecified atom stereocenters. The zero-order valence-corrected chi connectivity index (χ0v) is 26.1. The first-order valence-corrected chi connectivity index (χ1v) is 15.9. The van der Waals surface area contributed by atoms with Crippen LogP contribution in [0.25, 0.3) is 32.9 Å². The first-order valence-electron chi connectivity index (χ1n) is 15.0. The molecule has 0 radical (unpaired) electrons. The van der Waals surface area contributed by atoms with Gasteiger partial charge in [0.05, 0.1) is 28.7 Å². The second-order valence-corrected chi connectivity index (χ2v) is 13.4. The number of thioether (sulfide) groups is 1. The number of nitrogens with zero attached hydrogens (tertiary/aromatic N) is 7. The van der Waals surface area contributed by atoms with Gasteiger partial charge in [-0.2, -0.15) is 10.1 Å². The number of carbonyl (C=O) groups excluding carboxylic acids is 1. The molecule has 9 nitrogen and oxygen atoms in total. The first-order chi connectivity index (χ1) is 21.1. The SMILES string of the molecule is C=CC(=O)N1[C@H](C)CN(c2nc(=O)n3c4c(c(-c5ccc(F)c6cnn(C)c56)c(C)cc24)SCC3CN2CC(F)C2)C[C@@H]1C. The Morgan fingerprint density at radius 2 is 1.86 bits per heavy atom. The number of piperazine rings is 1. The molecule has 2 aromatic heterocycles. The number of aromatic nitrogens is 4. The molecule has 0 N–H and O–H groups in total. The van der Waals surface area contributed by atoms with E-state index in [1.807, 2.05) is 30.6 Å². The van der Waals surface area contributed by atoms with Gasteiger partial charge in [-0.25, -0.2) is 13.6 Å². The highest BCUT2D eigenvalue weighted by atomic mass is 32.2. The molecule has 12 heteroatoms. The van der Waals surface area contributed by atoms with Gasteiger partial charge < -0.3 is 9.80 Å². The number of rotatable bonds is 5. The standard InChI is InChI=1S/C32H35F2N7O2S/c1-6-26(42)40-18(3)11-39(12-19(40)4)31-23-9-17(2)27(22-7-8-25(34)24-10-35-37(5)28(22)24)30-29(23)41(32(43)36-31)21(16-44-30)15-38-13-20(33)14-38/h6-10,18-21H,1,11-16H2,2-5H3/t18-,19+,21?. The largest absolute Gasteiger partial charge is 0.352 e. The van der Waals surface area contributed by atoms with E-state index in [1.54, 1.807) is 40.3 Å². The van der Waals surface area contributed by atoms with Crippen LogP contribution in [-0.4, -0.2) is 91.8 Å². The lowest BCUT2D eigenvalue weighted by molar-refractivity contribution is -0.130. The average Bonchev–Trinajstić information content (AvgIpc) is 3.36. The van der Waals surface area contributed by atoms with Crippen molar-refractivity contribution in [1.82, 2.24) is 29.1 Å². The average molecular weight is 620 g/mol. The Bertz CT molecular complexity index is 1890. The Hall–Kier alpha value is -3.77. The lowest BCUT2D eigenvalue weighted by Gasteiger charge is -2.45. The van der Waals surface area contributed by atoms with Gasteiger partial charge in [-0.15, -0.1) is 11.8 Å². The number of anilines is 1. The van der Waals surface area contributed by atoms with Crippen LogP contribution in [0.4, 0.5) is 14.6 Å². The highest BCUT2D eigenvalue weighted by Gasteiger charge is 2.37. The number of hydrogen-bond donors (Lipinski definition) is 0. The summed E-state index contributed by atoms with van der Waals surface area (Å²) >= 11 is 1.68. The molecule has 3 aliphatic heterocycles. The van der Waals surface area contributed by atoms with Crippen molar-refractivity contribution in [1.29, 1.82) is 0 Å². The van der Waals surface area contributed by atoms with Crippen LogP contribution in [0, 0.1) is 12.7 Å². The Morgan fingerprint density at radius 1 is 1.14 bits per heavy atom. The van der Waals surface area contributed by atoms with Crippen molar-refractivity contribution >= 4 is 45.3 Å². The summed E-state index contributed by atoms with van der Waals surface area (Å²) < 4.78 is 32.1. The maximum atomic E-state index is 14.8. The molecule has 3 aliphatic rings. The maximum Gasteiger partial charge on any atom is 0.350 e. The maximum absolute atomic E-state index is 14.8. The lowest BCUT2D eigenvalue weighted by atomic mass is 9.95. The van der Waals surface area contributed by atoms with E-state index in [4.69, 9.17) is 4.98 Å². The lowest BCUT2D eigenvalue weighted by Crippen LogP contribution is -2.59. The van der Waals surface area contributed by atoms with E-state index in [0.29, 0.717) is 55.2 Å². The Labute approximate surface area is 258 Å². The second-order valence-electron chi connectivity index (χ2n) is 12.3. The van der Waals surface area contributed by atoms with Gasteiger partial charge in [-0.05, 0) is 50.6 Å². The summed E-state index contributed by atoms with van der Waals surface area (Å²) in [6, 6.07) is 4.94. The molecule has 4 aromatic rings. The molecule has 2 fully saturated rings. The predicted octanol–water partition coefficient (Wildman–Crippen LogP) is 4.31. The Kier molecular flexibility index (Phi) is 7.04. The van der Waals surface area contributed by atoms with Crippen LogP contribution in [-0.2, 0) is 11.8 Å². The van der Waals surface area contributed by atoms with Gasteiger partial charge in [0.2, 0.25) is 5.91 Å². The summed E-state index contributed by atoms with van der Waals surface area (Å²) in [6.45, 7) is 12.0. The molecule has 0 aliphatic carbocycles. The van der Waals surface area contributed by atoms with Crippen LogP contribution in [0.1, 0.15) is 25.5 Å². The topological polar surface area (TPSA) is 79.5 Å². The monoisotopic (exact) mass is 619 g/mol. The molecule has 3 atom stereocenters. The normalized spacial score (nSPS) is 22.5. The first kappa shape index (κ1) is 29.0. The van der Waals surface area contributed by atoms with E-state index in [2.05, 4.69) is 22.6 Å². The third kappa shape index (κ3) is 4.44. The van der Waals surface area contributed by atoms with Crippen molar-refractivity contribution in [2.24, 2.45) is 7.05 Å². The van der Waals surface area contributed by atoms with Crippen LogP contribution >= 0.6 is 11.8 Å². The molecule has 230 valence electrons. The summed E-state index contributed by atoms with van der Waals surface area (Å²) in [6.07, 6.45) is 2.05. The zero-order valence-electron chi connectivity index (χ0n) is 25.3. The molecule has 44 heavy (non-hydrogen) atoms. The highest BCUT2D eigenvalue weighted by Crippen LogP contribution is 2.47. The van der Waals surface area contributed by atoms with E-state index < -0.39 is 6.17 Å². The van der Waals surface area contributed by atoms with E-state index >= 15 is 0 Å². The molecule has 2 saturated heterocycles. The summed E-state index contributed by atoms with van der Waals surface area (Å²) in [5.41, 5.74) is 3.90. The van der Waals surface area contributed by atoms with Crippen LogP contribution in [0.5, 0.6) is 0 Å². The summed E-state index contributed by atoms with van der Waals surface area (Å²) in [5.74, 6) is 0.772. The van der Waals surface area contributed by atoms with Gasteiger partial charge in [0, 0.05) is 79.0 Å². The molecule has 2 aromatic carbocycles. The van der Waals surface area contributed by atoms with Crippen molar-refractivity contribution in [3.8, 4) is 11.1 Å². The molecule has 0 bridgehead atoms. The third-order valence-corrected chi connectivity index (χ3v) is 10.5. The van der Waals surface area contributed by atoms with Crippen molar-refractivity contribution in [2.45, 2.75) is 50.0 Å². The van der Waals surface area contributed by atoms with Gasteiger partial charge in [0.1, 0.15) is 17.8 Å². The number of aryl methyl sites for hydroxylation is 2. The number of alkyl halides is 1. The Balaban J connectivity index is 1.45. The van der Waals surface area contributed by atoms with Gasteiger partial charge in [-0.3, -0.25) is 18.9 Å². The molecule has 7 rings (SSSR count). The number of hydrogen-bond acceptors (Lipinski definition) is 7. The van der Waals surface area contributed by atoms with Gasteiger partial charge in [-0.1, -0.05) is 6.58 Å². The van der Waals surface area contributed by atoms with Crippen molar-refractivity contribution < 1.29 is 13.6 Å². The van der Waals surface area contributed by atoms with Crippen LogP contribution in [0.3, 0.4) is 0 Å². The predicted molar refractivity (Wildman–Crippen MR) is 170 cm³/mol. The number of carbonyl (C=O) groups is 1. The van der Waals surface area contributed by atoms with Gasteiger partial charge >= 0.3 is 5.69 Å². The molecule has 0 spiro atoms. The fourth-order valence-corrected chi connectivity index (χ4v) is 8.75. The minimum Gasteiger partial charge on any atom is -0.352 e. The second kappa shape index (κ2) is 10.7.